The van der Waals surface area contributed by atoms with Crippen molar-refractivity contribution in [2.75, 3.05) is 5.73 Å². The Balaban J connectivity index is 2.04. The van der Waals surface area contributed by atoms with Crippen molar-refractivity contribution < 1.29 is 0 Å². The minimum absolute atomic E-state index is 0.530. The first-order valence-corrected chi connectivity index (χ1v) is 7.19. The molecule has 0 saturated carbocycles. The minimum Gasteiger partial charge on any atom is -0.399 e. The molecule has 0 aliphatic heterocycles. The lowest BCUT2D eigenvalue weighted by molar-refractivity contribution is 0.204. The first-order valence-electron chi connectivity index (χ1n) is 6.24. The predicted octanol–water partition coefficient (Wildman–Crippen LogP) is 3.74. The summed E-state index contributed by atoms with van der Waals surface area (Å²) in [5.74, 6) is 0. The van der Waals surface area contributed by atoms with Gasteiger partial charge >= 0.3 is 0 Å². The number of nitrogens with two attached hydrogens (primary N) is 1. The van der Waals surface area contributed by atoms with Crippen LogP contribution in [0, 0.1) is 0 Å². The quantitative estimate of drug-likeness (QED) is 0.830. The maximum absolute atomic E-state index is 5.71. The second-order valence-electron chi connectivity index (χ2n) is 4.87. The summed E-state index contributed by atoms with van der Waals surface area (Å²) in [7, 11) is 0. The summed E-state index contributed by atoms with van der Waals surface area (Å²) >= 11 is 1.76. The zero-order valence-electron chi connectivity index (χ0n) is 11.0. The molecular weight excluding hydrogens is 240 g/mol. The molecule has 18 heavy (non-hydrogen) atoms. The minimum atomic E-state index is 0.530. The highest BCUT2D eigenvalue weighted by Gasteiger charge is 2.11. The number of rotatable bonds is 5. The average molecular weight is 260 g/mol. The number of hydrogen-bond acceptors (Lipinski definition) is 3. The lowest BCUT2D eigenvalue weighted by Crippen LogP contribution is -2.29. The van der Waals surface area contributed by atoms with Crippen LogP contribution in [0.5, 0.6) is 0 Å². The largest absolute Gasteiger partial charge is 0.399 e. The van der Waals surface area contributed by atoms with Crippen molar-refractivity contribution in [3.05, 3.63) is 52.2 Å². The van der Waals surface area contributed by atoms with Gasteiger partial charge in [-0.05, 0) is 53.9 Å². The van der Waals surface area contributed by atoms with E-state index in [0.717, 1.165) is 18.8 Å². The van der Waals surface area contributed by atoms with Gasteiger partial charge in [-0.25, -0.2) is 0 Å². The molecule has 1 heterocycles. The van der Waals surface area contributed by atoms with Crippen LogP contribution in [0.4, 0.5) is 5.69 Å². The van der Waals surface area contributed by atoms with Crippen LogP contribution in [-0.2, 0) is 13.1 Å². The number of hydrogen-bond donors (Lipinski definition) is 1. The van der Waals surface area contributed by atoms with Crippen LogP contribution in [0.25, 0.3) is 0 Å². The lowest BCUT2D eigenvalue weighted by Gasteiger charge is -2.26. The second-order valence-corrected chi connectivity index (χ2v) is 5.65. The highest BCUT2D eigenvalue weighted by Crippen LogP contribution is 2.16. The van der Waals surface area contributed by atoms with Gasteiger partial charge in [0.25, 0.3) is 0 Å². The van der Waals surface area contributed by atoms with E-state index in [2.05, 4.69) is 47.7 Å². The molecule has 2 rings (SSSR count). The van der Waals surface area contributed by atoms with E-state index in [1.54, 1.807) is 11.3 Å². The van der Waals surface area contributed by atoms with Crippen molar-refractivity contribution >= 4 is 17.0 Å². The van der Waals surface area contributed by atoms with Gasteiger partial charge in [0.2, 0.25) is 0 Å². The van der Waals surface area contributed by atoms with Crippen molar-refractivity contribution in [3.63, 3.8) is 0 Å². The monoisotopic (exact) mass is 260 g/mol. The van der Waals surface area contributed by atoms with Gasteiger partial charge < -0.3 is 5.73 Å². The van der Waals surface area contributed by atoms with Crippen LogP contribution in [0.15, 0.2) is 41.1 Å². The van der Waals surface area contributed by atoms with E-state index in [1.807, 2.05) is 12.1 Å². The summed E-state index contributed by atoms with van der Waals surface area (Å²) in [6.45, 7) is 6.45. The molecule has 0 fully saturated rings. The molecule has 2 aromatic rings. The number of benzene rings is 1. The molecule has 0 aliphatic carbocycles. The summed E-state index contributed by atoms with van der Waals surface area (Å²) < 4.78 is 0. The van der Waals surface area contributed by atoms with Crippen LogP contribution in [0.2, 0.25) is 0 Å². The number of thiophene rings is 1. The number of nitrogens with zero attached hydrogens (tertiary/aromatic N) is 1. The van der Waals surface area contributed by atoms with Crippen LogP contribution in [-0.4, -0.2) is 10.9 Å². The van der Waals surface area contributed by atoms with E-state index in [1.165, 1.54) is 11.1 Å². The molecule has 1 aromatic carbocycles. The molecule has 0 bridgehead atoms. The van der Waals surface area contributed by atoms with E-state index in [-0.39, 0.29) is 0 Å². The molecule has 96 valence electrons. The molecule has 0 radical (unpaired) electrons. The Hall–Kier alpha value is -1.32. The van der Waals surface area contributed by atoms with Gasteiger partial charge in [-0.1, -0.05) is 12.1 Å². The third-order valence-corrected chi connectivity index (χ3v) is 3.79. The van der Waals surface area contributed by atoms with Crippen molar-refractivity contribution in [2.24, 2.45) is 0 Å². The number of nitrogen functional groups attached to an aromatic ring is 1. The Morgan fingerprint density at radius 1 is 1.06 bits per heavy atom. The van der Waals surface area contributed by atoms with Gasteiger partial charge in [0, 0.05) is 24.8 Å². The SMILES string of the molecule is CC(C)N(Cc1ccc(N)cc1)Cc1ccsc1. The summed E-state index contributed by atoms with van der Waals surface area (Å²) in [4.78, 5) is 2.47. The molecule has 3 heteroatoms. The van der Waals surface area contributed by atoms with Crippen molar-refractivity contribution in [2.45, 2.75) is 33.0 Å². The molecule has 0 spiro atoms. The Labute approximate surface area is 113 Å². The highest BCUT2D eigenvalue weighted by molar-refractivity contribution is 7.07. The normalized spacial score (nSPS) is 11.3. The summed E-state index contributed by atoms with van der Waals surface area (Å²) in [6, 6.07) is 10.9. The van der Waals surface area contributed by atoms with Crippen molar-refractivity contribution in [3.8, 4) is 0 Å². The zero-order valence-corrected chi connectivity index (χ0v) is 11.8. The van der Waals surface area contributed by atoms with E-state index < -0.39 is 0 Å². The Morgan fingerprint density at radius 2 is 1.72 bits per heavy atom. The molecule has 0 amide bonds. The Bertz CT molecular complexity index is 460. The van der Waals surface area contributed by atoms with E-state index in [0.29, 0.717) is 6.04 Å². The fourth-order valence-electron chi connectivity index (χ4n) is 1.90. The van der Waals surface area contributed by atoms with Gasteiger partial charge in [0.1, 0.15) is 0 Å². The van der Waals surface area contributed by atoms with E-state index in [9.17, 15) is 0 Å². The third-order valence-electron chi connectivity index (χ3n) is 3.06. The lowest BCUT2D eigenvalue weighted by atomic mass is 10.1. The molecule has 0 aliphatic rings. The Kier molecular flexibility index (Phi) is 4.39. The smallest absolute Gasteiger partial charge is 0.0314 e. The van der Waals surface area contributed by atoms with Gasteiger partial charge in [-0.2, -0.15) is 11.3 Å². The summed E-state index contributed by atoms with van der Waals surface area (Å²) in [6.07, 6.45) is 0. The summed E-state index contributed by atoms with van der Waals surface area (Å²) in [5, 5.41) is 4.36. The van der Waals surface area contributed by atoms with Crippen molar-refractivity contribution in [1.82, 2.24) is 4.90 Å². The maximum Gasteiger partial charge on any atom is 0.0314 e. The van der Waals surface area contributed by atoms with Gasteiger partial charge in [-0.15, -0.1) is 0 Å². The zero-order chi connectivity index (χ0) is 13.0. The van der Waals surface area contributed by atoms with E-state index in [4.69, 9.17) is 5.73 Å². The molecule has 0 unspecified atom stereocenters. The van der Waals surface area contributed by atoms with Gasteiger partial charge in [0.15, 0.2) is 0 Å². The fourth-order valence-corrected chi connectivity index (χ4v) is 2.56. The summed E-state index contributed by atoms with van der Waals surface area (Å²) in [5.41, 5.74) is 9.25. The van der Waals surface area contributed by atoms with Crippen LogP contribution < -0.4 is 5.73 Å². The highest BCUT2D eigenvalue weighted by atomic mass is 32.1. The molecule has 2 nitrogen and oxygen atoms in total. The average Bonchev–Trinajstić information content (AvgIpc) is 2.84. The van der Waals surface area contributed by atoms with Crippen LogP contribution in [0.1, 0.15) is 25.0 Å². The Morgan fingerprint density at radius 3 is 2.28 bits per heavy atom. The van der Waals surface area contributed by atoms with Crippen LogP contribution >= 0.6 is 11.3 Å². The number of anilines is 1. The van der Waals surface area contributed by atoms with Gasteiger partial charge in [0.05, 0.1) is 0 Å². The molecule has 0 atom stereocenters. The van der Waals surface area contributed by atoms with Crippen molar-refractivity contribution in [1.29, 1.82) is 0 Å². The van der Waals surface area contributed by atoms with Gasteiger partial charge in [-0.3, -0.25) is 4.90 Å². The molecular formula is C15H20N2S. The standard InChI is InChI=1S/C15H20N2S/c1-12(2)17(10-14-7-8-18-11-14)9-13-3-5-15(16)6-4-13/h3-8,11-12H,9-10,16H2,1-2H3. The molecule has 1 aromatic heterocycles. The second kappa shape index (κ2) is 6.03. The molecule has 0 saturated heterocycles. The van der Waals surface area contributed by atoms with Crippen LogP contribution in [0.3, 0.4) is 0 Å². The maximum atomic E-state index is 5.71. The topological polar surface area (TPSA) is 29.3 Å². The third kappa shape index (κ3) is 3.59. The predicted molar refractivity (Wildman–Crippen MR) is 79.6 cm³/mol. The molecule has 2 N–H and O–H groups in total. The fraction of sp³-hybridized carbons (Fsp3) is 0.333. The first-order chi connectivity index (χ1) is 8.65. The first kappa shape index (κ1) is 13.1. The van der Waals surface area contributed by atoms with E-state index >= 15 is 0 Å².